The quantitative estimate of drug-likeness (QED) is 0.575. The fourth-order valence-corrected chi connectivity index (χ4v) is 3.24. The van der Waals surface area contributed by atoms with Crippen molar-refractivity contribution in [3.05, 3.63) is 77.9 Å². The summed E-state index contributed by atoms with van der Waals surface area (Å²) in [6.45, 7) is 0. The van der Waals surface area contributed by atoms with Gasteiger partial charge < -0.3 is 24.1 Å². The van der Waals surface area contributed by atoms with Gasteiger partial charge in [0, 0.05) is 7.11 Å². The zero-order chi connectivity index (χ0) is 21.6. The van der Waals surface area contributed by atoms with Crippen LogP contribution in [-0.4, -0.2) is 48.5 Å². The van der Waals surface area contributed by atoms with Crippen molar-refractivity contribution in [3.8, 4) is 17.8 Å². The van der Waals surface area contributed by atoms with Gasteiger partial charge in [0.1, 0.15) is 0 Å². The van der Waals surface area contributed by atoms with Crippen molar-refractivity contribution in [2.24, 2.45) is 0 Å². The average molecular weight is 410 g/mol. The Hall–Kier alpha value is -3.65. The summed E-state index contributed by atoms with van der Waals surface area (Å²) < 4.78 is 22.0. The van der Waals surface area contributed by atoms with Gasteiger partial charge >= 0.3 is 12.0 Å². The van der Waals surface area contributed by atoms with E-state index >= 15 is 0 Å². The molecule has 0 spiro atoms. The smallest absolute Gasteiger partial charge is 0.348 e. The molecule has 8 heteroatoms. The molecule has 0 amide bonds. The summed E-state index contributed by atoms with van der Waals surface area (Å²) in [7, 11) is 4.29. The lowest BCUT2D eigenvalue weighted by Crippen LogP contribution is -2.50. The van der Waals surface area contributed by atoms with Crippen LogP contribution >= 0.6 is 0 Å². The number of rotatable bonds is 9. The molecule has 2 aromatic carbocycles. The number of methoxy groups -OCH3 is 3. The molecule has 0 saturated carbocycles. The standard InChI is InChI=1S/C22H22N2O6/c1-27-17-14-18(28-2)24-21(23-17)30-19(20(25)26)22(29-3,15-10-6-4-7-11-15)16-12-8-5-9-13-16/h4-14,19H,1-3H3,(H,25,26)/t19-/m1/s1. The van der Waals surface area contributed by atoms with E-state index in [4.69, 9.17) is 18.9 Å². The van der Waals surface area contributed by atoms with E-state index in [1.165, 1.54) is 27.4 Å². The molecule has 3 rings (SSSR count). The Bertz CT molecular complexity index is 920. The van der Waals surface area contributed by atoms with Crippen LogP contribution in [0.4, 0.5) is 0 Å². The number of hydrogen-bond donors (Lipinski definition) is 1. The Labute approximate surface area is 174 Å². The molecule has 0 aliphatic heterocycles. The van der Waals surface area contributed by atoms with Crippen molar-refractivity contribution in [3.63, 3.8) is 0 Å². The monoisotopic (exact) mass is 410 g/mol. The van der Waals surface area contributed by atoms with Gasteiger partial charge in [-0.1, -0.05) is 60.7 Å². The lowest BCUT2D eigenvalue weighted by molar-refractivity contribution is -0.160. The first-order valence-electron chi connectivity index (χ1n) is 9.08. The molecule has 0 fully saturated rings. The van der Waals surface area contributed by atoms with Crippen LogP contribution in [0.5, 0.6) is 17.8 Å². The number of nitrogens with zero attached hydrogens (tertiary/aromatic N) is 2. The predicted molar refractivity (Wildman–Crippen MR) is 108 cm³/mol. The fraction of sp³-hybridized carbons (Fsp3) is 0.227. The SMILES string of the molecule is COc1cc(OC)nc(O[C@H](C(=O)O)C(OC)(c2ccccc2)c2ccccc2)n1. The van der Waals surface area contributed by atoms with E-state index in [1.54, 1.807) is 48.5 Å². The second-order valence-corrected chi connectivity index (χ2v) is 6.24. The summed E-state index contributed by atoms with van der Waals surface area (Å²) in [5.41, 5.74) is -0.282. The van der Waals surface area contributed by atoms with Gasteiger partial charge in [0.25, 0.3) is 0 Å². The highest BCUT2D eigenvalue weighted by Crippen LogP contribution is 2.38. The molecule has 156 valence electrons. The fourth-order valence-electron chi connectivity index (χ4n) is 3.24. The van der Waals surface area contributed by atoms with Crippen LogP contribution in [0.15, 0.2) is 66.7 Å². The van der Waals surface area contributed by atoms with Crippen LogP contribution in [0.25, 0.3) is 0 Å². The topological polar surface area (TPSA) is 100 Å². The normalized spacial score (nSPS) is 12.1. The first kappa shape index (κ1) is 21.1. The minimum Gasteiger partial charge on any atom is -0.481 e. The van der Waals surface area contributed by atoms with E-state index in [1.807, 2.05) is 12.1 Å². The van der Waals surface area contributed by atoms with E-state index in [2.05, 4.69) is 9.97 Å². The van der Waals surface area contributed by atoms with Gasteiger partial charge in [-0.25, -0.2) is 4.79 Å². The summed E-state index contributed by atoms with van der Waals surface area (Å²) >= 11 is 0. The molecule has 30 heavy (non-hydrogen) atoms. The highest BCUT2D eigenvalue weighted by atomic mass is 16.6. The number of carboxylic acid groups (broad SMARTS) is 1. The summed E-state index contributed by atoms with van der Waals surface area (Å²) in [5.74, 6) is -0.915. The average Bonchev–Trinajstić information content (AvgIpc) is 2.80. The summed E-state index contributed by atoms with van der Waals surface area (Å²) in [6, 6.07) is 19.2. The van der Waals surface area contributed by atoms with Crippen molar-refractivity contribution in [1.29, 1.82) is 0 Å². The zero-order valence-electron chi connectivity index (χ0n) is 16.8. The van der Waals surface area contributed by atoms with E-state index in [-0.39, 0.29) is 17.8 Å². The number of carboxylic acids is 1. The minimum absolute atomic E-state index is 0.170. The first-order chi connectivity index (χ1) is 14.5. The number of aliphatic carboxylic acids is 1. The number of ether oxygens (including phenoxy) is 4. The molecule has 3 aromatic rings. The third-order valence-electron chi connectivity index (χ3n) is 4.62. The van der Waals surface area contributed by atoms with Gasteiger partial charge in [-0.2, -0.15) is 9.97 Å². The minimum atomic E-state index is -1.52. The van der Waals surface area contributed by atoms with E-state index in [0.717, 1.165) is 0 Å². The van der Waals surface area contributed by atoms with Gasteiger partial charge in [-0.15, -0.1) is 0 Å². The van der Waals surface area contributed by atoms with Crippen molar-refractivity contribution in [1.82, 2.24) is 9.97 Å². The van der Waals surface area contributed by atoms with Crippen molar-refractivity contribution in [2.45, 2.75) is 11.7 Å². The molecule has 0 radical (unpaired) electrons. The first-order valence-corrected chi connectivity index (χ1v) is 9.08. The van der Waals surface area contributed by atoms with Crippen molar-refractivity contribution >= 4 is 5.97 Å². The van der Waals surface area contributed by atoms with Crippen LogP contribution < -0.4 is 14.2 Å². The molecule has 1 aromatic heterocycles. The second-order valence-electron chi connectivity index (χ2n) is 6.24. The Balaban J connectivity index is 2.18. The Morgan fingerprint density at radius 3 is 1.70 bits per heavy atom. The lowest BCUT2D eigenvalue weighted by Gasteiger charge is -2.37. The third-order valence-corrected chi connectivity index (χ3v) is 4.62. The van der Waals surface area contributed by atoms with Crippen molar-refractivity contribution in [2.75, 3.05) is 21.3 Å². The number of carbonyl (C=O) groups is 1. The highest BCUT2D eigenvalue weighted by Gasteiger charge is 2.49. The largest absolute Gasteiger partial charge is 0.481 e. The highest BCUT2D eigenvalue weighted by molar-refractivity contribution is 5.76. The lowest BCUT2D eigenvalue weighted by atomic mass is 9.81. The molecular weight excluding hydrogens is 388 g/mol. The second kappa shape index (κ2) is 9.23. The number of benzene rings is 2. The van der Waals surface area contributed by atoms with Crippen LogP contribution in [0.2, 0.25) is 0 Å². The summed E-state index contributed by atoms with van der Waals surface area (Å²) in [6.07, 6.45) is -1.52. The Kier molecular flexibility index (Phi) is 6.48. The van der Waals surface area contributed by atoms with Crippen LogP contribution in [0, 0.1) is 0 Å². The maximum Gasteiger partial charge on any atom is 0.348 e. The van der Waals surface area contributed by atoms with E-state index < -0.39 is 17.7 Å². The van der Waals surface area contributed by atoms with Gasteiger partial charge in [-0.05, 0) is 11.1 Å². The predicted octanol–water partition coefficient (Wildman–Crippen LogP) is 2.92. The summed E-state index contributed by atoms with van der Waals surface area (Å²) in [4.78, 5) is 20.6. The van der Waals surface area contributed by atoms with E-state index in [9.17, 15) is 9.90 Å². The number of hydrogen-bond acceptors (Lipinski definition) is 7. The molecule has 1 heterocycles. The molecule has 0 aliphatic rings. The van der Waals surface area contributed by atoms with Gasteiger partial charge in [0.2, 0.25) is 17.9 Å². The van der Waals surface area contributed by atoms with Crippen LogP contribution in [0.3, 0.4) is 0 Å². The van der Waals surface area contributed by atoms with Crippen LogP contribution in [-0.2, 0) is 15.1 Å². The molecular formula is C22H22N2O6. The molecule has 0 bridgehead atoms. The van der Waals surface area contributed by atoms with Gasteiger partial charge in [0.05, 0.1) is 20.3 Å². The Morgan fingerprint density at radius 1 is 0.867 bits per heavy atom. The molecule has 1 atom stereocenters. The van der Waals surface area contributed by atoms with Crippen LogP contribution in [0.1, 0.15) is 11.1 Å². The molecule has 0 unspecified atom stereocenters. The number of aromatic nitrogens is 2. The molecule has 0 aliphatic carbocycles. The van der Waals surface area contributed by atoms with E-state index in [0.29, 0.717) is 11.1 Å². The maximum atomic E-state index is 12.4. The Morgan fingerprint density at radius 2 is 1.33 bits per heavy atom. The zero-order valence-corrected chi connectivity index (χ0v) is 16.8. The molecule has 8 nitrogen and oxygen atoms in total. The maximum absolute atomic E-state index is 12.4. The molecule has 1 N–H and O–H groups in total. The van der Waals surface area contributed by atoms with Gasteiger partial charge in [0.15, 0.2) is 5.60 Å². The third kappa shape index (κ3) is 4.04. The molecule has 0 saturated heterocycles. The summed E-state index contributed by atoms with van der Waals surface area (Å²) in [5, 5.41) is 10.2. The van der Waals surface area contributed by atoms with Gasteiger partial charge in [-0.3, -0.25) is 0 Å². The van der Waals surface area contributed by atoms with Crippen molar-refractivity contribution < 1.29 is 28.8 Å².